The molecule has 0 unspecified atom stereocenters. The number of carbonyl (C=O) groups excluding carboxylic acids is 2. The highest BCUT2D eigenvalue weighted by Crippen LogP contribution is 2.34. The number of halogens is 1. The SMILES string of the molecule is CCC1(CC)CC(=O)N(Cc2cccc(C(=O)N[C@H]3CCOc4ccc(Br)cc43)c2)C(=N)N1. The molecule has 0 bridgehead atoms. The second-order valence-electron chi connectivity index (χ2n) is 8.66. The number of benzene rings is 2. The molecule has 0 saturated carbocycles. The topological polar surface area (TPSA) is 94.5 Å². The minimum absolute atomic E-state index is 0.0679. The summed E-state index contributed by atoms with van der Waals surface area (Å²) < 4.78 is 6.65. The van der Waals surface area contributed by atoms with Crippen LogP contribution in [0.2, 0.25) is 0 Å². The molecule has 2 amide bonds. The zero-order valence-electron chi connectivity index (χ0n) is 18.9. The van der Waals surface area contributed by atoms with Crippen molar-refractivity contribution < 1.29 is 14.3 Å². The van der Waals surface area contributed by atoms with Gasteiger partial charge >= 0.3 is 0 Å². The molecule has 0 radical (unpaired) electrons. The van der Waals surface area contributed by atoms with Gasteiger partial charge in [-0.05, 0) is 48.7 Å². The largest absolute Gasteiger partial charge is 0.493 e. The Labute approximate surface area is 202 Å². The maximum atomic E-state index is 13.0. The summed E-state index contributed by atoms with van der Waals surface area (Å²) in [7, 11) is 0. The second kappa shape index (κ2) is 9.55. The van der Waals surface area contributed by atoms with E-state index >= 15 is 0 Å². The van der Waals surface area contributed by atoms with Gasteiger partial charge in [-0.25, -0.2) is 0 Å². The van der Waals surface area contributed by atoms with Crippen molar-refractivity contribution in [2.75, 3.05) is 6.61 Å². The van der Waals surface area contributed by atoms with Gasteiger partial charge in [-0.1, -0.05) is 41.9 Å². The summed E-state index contributed by atoms with van der Waals surface area (Å²) in [5.41, 5.74) is 1.93. The van der Waals surface area contributed by atoms with Crippen molar-refractivity contribution in [3.8, 4) is 5.75 Å². The van der Waals surface area contributed by atoms with Crippen LogP contribution in [0.1, 0.15) is 67.1 Å². The van der Waals surface area contributed by atoms with E-state index in [1.54, 1.807) is 12.1 Å². The van der Waals surface area contributed by atoms with Gasteiger partial charge in [-0.15, -0.1) is 0 Å². The quantitative estimate of drug-likeness (QED) is 0.530. The lowest BCUT2D eigenvalue weighted by Gasteiger charge is -2.42. The standard InChI is InChI=1S/C25H29BrN4O3/c1-3-25(4-2)14-22(31)30(24(27)29-25)15-16-6-5-7-17(12-16)23(32)28-20-10-11-33-21-9-8-18(26)13-19(20)21/h5-9,12-13,20H,3-4,10-11,14-15H2,1-2H3,(H2,27,29)(H,28,32)/t20-/m0/s1. The monoisotopic (exact) mass is 512 g/mol. The summed E-state index contributed by atoms with van der Waals surface area (Å²) in [6.07, 6.45) is 2.62. The molecule has 0 aromatic heterocycles. The molecule has 2 aliphatic heterocycles. The van der Waals surface area contributed by atoms with E-state index in [-0.39, 0.29) is 35.9 Å². The lowest BCUT2D eigenvalue weighted by Crippen LogP contribution is -2.61. The van der Waals surface area contributed by atoms with E-state index in [0.717, 1.165) is 34.2 Å². The molecule has 0 aliphatic carbocycles. The number of hydrogen-bond donors (Lipinski definition) is 3. The first-order chi connectivity index (χ1) is 15.8. The average molecular weight is 513 g/mol. The molecule has 1 fully saturated rings. The Balaban J connectivity index is 1.47. The Morgan fingerprint density at radius 2 is 2.06 bits per heavy atom. The number of hydrogen-bond acceptors (Lipinski definition) is 4. The highest BCUT2D eigenvalue weighted by molar-refractivity contribution is 9.10. The third-order valence-corrected chi connectivity index (χ3v) is 7.14. The highest BCUT2D eigenvalue weighted by atomic mass is 79.9. The molecular formula is C25H29BrN4O3. The van der Waals surface area contributed by atoms with E-state index in [2.05, 4.69) is 26.6 Å². The van der Waals surface area contributed by atoms with E-state index in [4.69, 9.17) is 10.1 Å². The van der Waals surface area contributed by atoms with Crippen LogP contribution in [0.25, 0.3) is 0 Å². The fraction of sp³-hybridized carbons (Fsp3) is 0.400. The molecular weight excluding hydrogens is 484 g/mol. The molecule has 1 atom stereocenters. The maximum Gasteiger partial charge on any atom is 0.251 e. The molecule has 3 N–H and O–H groups in total. The molecule has 2 aliphatic rings. The number of nitrogens with zero attached hydrogens (tertiary/aromatic N) is 1. The third-order valence-electron chi connectivity index (χ3n) is 6.64. The van der Waals surface area contributed by atoms with Gasteiger partial charge in [0.25, 0.3) is 5.91 Å². The van der Waals surface area contributed by atoms with E-state index in [0.29, 0.717) is 25.0 Å². The minimum atomic E-state index is -0.346. The normalized spacial score (nSPS) is 19.4. The van der Waals surface area contributed by atoms with Crippen molar-refractivity contribution in [2.24, 2.45) is 0 Å². The van der Waals surface area contributed by atoms with Crippen LogP contribution in [-0.4, -0.2) is 34.8 Å². The Kier molecular flexibility index (Phi) is 6.74. The van der Waals surface area contributed by atoms with Gasteiger partial charge in [0.1, 0.15) is 5.75 Å². The van der Waals surface area contributed by atoms with E-state index < -0.39 is 0 Å². The molecule has 2 aromatic carbocycles. The smallest absolute Gasteiger partial charge is 0.251 e. The van der Waals surface area contributed by atoms with Crippen LogP contribution in [0.5, 0.6) is 5.75 Å². The summed E-state index contributed by atoms with van der Waals surface area (Å²) >= 11 is 3.49. The Morgan fingerprint density at radius 3 is 2.79 bits per heavy atom. The van der Waals surface area contributed by atoms with Crippen molar-refractivity contribution >= 4 is 33.7 Å². The van der Waals surface area contributed by atoms with Gasteiger partial charge in [0.15, 0.2) is 5.96 Å². The van der Waals surface area contributed by atoms with Crippen LogP contribution < -0.4 is 15.4 Å². The summed E-state index contributed by atoms with van der Waals surface area (Å²) in [6, 6.07) is 12.9. The lowest BCUT2D eigenvalue weighted by molar-refractivity contribution is -0.131. The predicted octanol–water partition coefficient (Wildman–Crippen LogP) is 4.52. The fourth-order valence-corrected chi connectivity index (χ4v) is 4.85. The van der Waals surface area contributed by atoms with Crippen molar-refractivity contribution in [3.63, 3.8) is 0 Å². The molecule has 2 aromatic rings. The first-order valence-electron chi connectivity index (χ1n) is 11.3. The predicted molar refractivity (Wildman–Crippen MR) is 130 cm³/mol. The first-order valence-corrected chi connectivity index (χ1v) is 12.1. The zero-order valence-corrected chi connectivity index (χ0v) is 20.5. The van der Waals surface area contributed by atoms with Crippen molar-refractivity contribution in [3.05, 3.63) is 63.6 Å². The molecule has 1 saturated heterocycles. The van der Waals surface area contributed by atoms with Gasteiger partial charge in [0, 0.05) is 27.6 Å². The number of guanidine groups is 1. The second-order valence-corrected chi connectivity index (χ2v) is 9.58. The Morgan fingerprint density at radius 1 is 1.27 bits per heavy atom. The number of rotatable bonds is 6. The summed E-state index contributed by atoms with van der Waals surface area (Å²) in [5, 5.41) is 14.7. The molecule has 8 heteroatoms. The van der Waals surface area contributed by atoms with Gasteiger partial charge < -0.3 is 15.4 Å². The fourth-order valence-electron chi connectivity index (χ4n) is 4.47. The molecule has 7 nitrogen and oxygen atoms in total. The van der Waals surface area contributed by atoms with Crippen LogP contribution in [0.15, 0.2) is 46.9 Å². The van der Waals surface area contributed by atoms with Crippen molar-refractivity contribution in [1.82, 2.24) is 15.5 Å². The molecule has 0 spiro atoms. The number of amides is 2. The maximum absolute atomic E-state index is 13.0. The van der Waals surface area contributed by atoms with Gasteiger partial charge in [0.2, 0.25) is 5.91 Å². The van der Waals surface area contributed by atoms with Gasteiger partial charge in [-0.3, -0.25) is 19.9 Å². The number of nitrogens with one attached hydrogen (secondary N) is 3. The molecule has 174 valence electrons. The Bertz CT molecular complexity index is 1060. The number of fused-ring (bicyclic) bond motifs is 1. The first kappa shape index (κ1) is 23.3. The van der Waals surface area contributed by atoms with Crippen LogP contribution in [0, 0.1) is 5.41 Å². The average Bonchev–Trinajstić information content (AvgIpc) is 2.82. The van der Waals surface area contributed by atoms with E-state index in [9.17, 15) is 9.59 Å². The van der Waals surface area contributed by atoms with E-state index in [1.165, 1.54) is 4.90 Å². The summed E-state index contributed by atoms with van der Waals surface area (Å²) in [4.78, 5) is 27.3. The van der Waals surface area contributed by atoms with E-state index in [1.807, 2.05) is 44.2 Å². The molecule has 33 heavy (non-hydrogen) atoms. The molecule has 2 heterocycles. The number of carbonyl (C=O) groups is 2. The van der Waals surface area contributed by atoms with Crippen molar-refractivity contribution in [2.45, 2.75) is 57.7 Å². The van der Waals surface area contributed by atoms with Crippen LogP contribution in [-0.2, 0) is 11.3 Å². The molecule has 4 rings (SSSR count). The Hall–Kier alpha value is -2.87. The number of ether oxygens (including phenoxy) is 1. The van der Waals surface area contributed by atoms with Crippen LogP contribution in [0.4, 0.5) is 0 Å². The third kappa shape index (κ3) is 4.90. The van der Waals surface area contributed by atoms with Crippen LogP contribution >= 0.6 is 15.9 Å². The minimum Gasteiger partial charge on any atom is -0.493 e. The summed E-state index contributed by atoms with van der Waals surface area (Å²) in [5.74, 6) is 0.660. The van der Waals surface area contributed by atoms with Crippen LogP contribution in [0.3, 0.4) is 0 Å². The van der Waals surface area contributed by atoms with Crippen molar-refractivity contribution in [1.29, 1.82) is 5.41 Å². The van der Waals surface area contributed by atoms with Gasteiger partial charge in [-0.2, -0.15) is 0 Å². The van der Waals surface area contributed by atoms with Gasteiger partial charge in [0.05, 0.1) is 25.6 Å². The lowest BCUT2D eigenvalue weighted by atomic mass is 9.87. The zero-order chi connectivity index (χ0) is 23.6. The highest BCUT2D eigenvalue weighted by Gasteiger charge is 2.38. The summed E-state index contributed by atoms with van der Waals surface area (Å²) in [6.45, 7) is 4.86.